The molecule has 0 saturated carbocycles. The zero-order valence-electron chi connectivity index (χ0n) is 10.3. The van der Waals surface area contributed by atoms with Gasteiger partial charge in [0, 0.05) is 11.6 Å². The number of benzene rings is 2. The number of phenols is 4. The van der Waals surface area contributed by atoms with Gasteiger partial charge in [0.25, 0.3) is 0 Å². The number of phenolic OH excluding ortho intramolecular Hbond substituents is 4. The molecule has 0 radical (unpaired) electrons. The van der Waals surface area contributed by atoms with Crippen LogP contribution in [0.15, 0.2) is 42.5 Å². The summed E-state index contributed by atoms with van der Waals surface area (Å²) >= 11 is 0. The van der Waals surface area contributed by atoms with Crippen molar-refractivity contribution in [1.29, 1.82) is 0 Å². The lowest BCUT2D eigenvalue weighted by atomic mass is 10.1. The Kier molecular flexibility index (Phi) is 3.61. The number of para-hydroxylation sites is 1. The summed E-state index contributed by atoms with van der Waals surface area (Å²) in [5.41, 5.74) is 0.301. The van der Waals surface area contributed by atoms with Crippen molar-refractivity contribution in [2.75, 3.05) is 0 Å². The molecule has 0 aromatic heterocycles. The maximum atomic E-state index is 11.9. The van der Waals surface area contributed by atoms with Crippen molar-refractivity contribution in [3.8, 4) is 23.0 Å². The van der Waals surface area contributed by atoms with Gasteiger partial charge in [-0.2, -0.15) is 0 Å². The van der Waals surface area contributed by atoms with Crippen molar-refractivity contribution >= 4 is 11.9 Å². The fourth-order valence-electron chi connectivity index (χ4n) is 1.65. The van der Waals surface area contributed by atoms with Crippen molar-refractivity contribution in [2.24, 2.45) is 0 Å². The molecule has 5 heteroatoms. The molecule has 0 saturated heterocycles. The third kappa shape index (κ3) is 2.72. The van der Waals surface area contributed by atoms with Crippen LogP contribution >= 0.6 is 0 Å². The summed E-state index contributed by atoms with van der Waals surface area (Å²) in [5, 5.41) is 37.6. The van der Waals surface area contributed by atoms with Gasteiger partial charge in [-0.15, -0.1) is 0 Å². The van der Waals surface area contributed by atoms with Gasteiger partial charge in [-0.05, 0) is 24.3 Å². The molecule has 102 valence electrons. The Morgan fingerprint density at radius 3 is 2.20 bits per heavy atom. The molecule has 2 aromatic carbocycles. The molecule has 0 heterocycles. The SMILES string of the molecule is O=C(/C=C/c1ccccc1O)c1cc(O)c(O)cc1O. The summed E-state index contributed by atoms with van der Waals surface area (Å²) in [7, 11) is 0. The average Bonchev–Trinajstić information content (AvgIpc) is 2.41. The van der Waals surface area contributed by atoms with Gasteiger partial charge in [0.05, 0.1) is 5.56 Å². The van der Waals surface area contributed by atoms with Gasteiger partial charge in [-0.3, -0.25) is 4.79 Å². The van der Waals surface area contributed by atoms with Crippen LogP contribution in [0.5, 0.6) is 23.0 Å². The first-order valence-electron chi connectivity index (χ1n) is 5.74. The number of hydrogen-bond acceptors (Lipinski definition) is 5. The Labute approximate surface area is 114 Å². The highest BCUT2D eigenvalue weighted by molar-refractivity contribution is 6.09. The minimum atomic E-state index is -0.568. The molecule has 0 bridgehead atoms. The van der Waals surface area contributed by atoms with E-state index in [2.05, 4.69) is 0 Å². The Balaban J connectivity index is 2.29. The molecule has 5 nitrogen and oxygen atoms in total. The van der Waals surface area contributed by atoms with Gasteiger partial charge >= 0.3 is 0 Å². The van der Waals surface area contributed by atoms with E-state index in [0.717, 1.165) is 18.2 Å². The molecular weight excluding hydrogens is 260 g/mol. The maximum Gasteiger partial charge on any atom is 0.189 e. The summed E-state index contributed by atoms with van der Waals surface area (Å²) in [5.74, 6) is -1.99. The Morgan fingerprint density at radius 2 is 1.50 bits per heavy atom. The summed E-state index contributed by atoms with van der Waals surface area (Å²) in [6, 6.07) is 8.31. The lowest BCUT2D eigenvalue weighted by Gasteiger charge is -2.03. The largest absolute Gasteiger partial charge is 0.507 e. The monoisotopic (exact) mass is 272 g/mol. The first-order chi connectivity index (χ1) is 9.49. The first-order valence-corrected chi connectivity index (χ1v) is 5.74. The second-order valence-corrected chi connectivity index (χ2v) is 4.11. The molecule has 0 unspecified atom stereocenters. The molecule has 0 aliphatic heterocycles. The van der Waals surface area contributed by atoms with Gasteiger partial charge < -0.3 is 20.4 Å². The Bertz CT molecular complexity index is 689. The zero-order chi connectivity index (χ0) is 14.7. The van der Waals surface area contributed by atoms with Crippen LogP contribution in [0.4, 0.5) is 0 Å². The second kappa shape index (κ2) is 5.36. The summed E-state index contributed by atoms with van der Waals surface area (Å²) < 4.78 is 0. The third-order valence-corrected chi connectivity index (χ3v) is 2.71. The van der Waals surface area contributed by atoms with E-state index in [4.69, 9.17) is 0 Å². The van der Waals surface area contributed by atoms with E-state index in [1.165, 1.54) is 12.1 Å². The molecule has 0 aliphatic rings. The van der Waals surface area contributed by atoms with Crippen molar-refractivity contribution in [1.82, 2.24) is 0 Å². The van der Waals surface area contributed by atoms with E-state index in [0.29, 0.717) is 5.56 Å². The number of carbonyl (C=O) groups is 1. The molecule has 0 atom stereocenters. The smallest absolute Gasteiger partial charge is 0.189 e. The fourth-order valence-corrected chi connectivity index (χ4v) is 1.65. The third-order valence-electron chi connectivity index (χ3n) is 2.71. The molecule has 2 rings (SSSR count). The van der Waals surface area contributed by atoms with Crippen LogP contribution in [0.2, 0.25) is 0 Å². The average molecular weight is 272 g/mol. The van der Waals surface area contributed by atoms with E-state index >= 15 is 0 Å². The minimum Gasteiger partial charge on any atom is -0.507 e. The molecule has 2 aromatic rings. The fraction of sp³-hybridized carbons (Fsp3) is 0. The second-order valence-electron chi connectivity index (χ2n) is 4.11. The van der Waals surface area contributed by atoms with Crippen LogP contribution in [-0.4, -0.2) is 26.2 Å². The number of allylic oxidation sites excluding steroid dienone is 1. The first kappa shape index (κ1) is 13.5. The zero-order valence-corrected chi connectivity index (χ0v) is 10.3. The van der Waals surface area contributed by atoms with Gasteiger partial charge in [0.2, 0.25) is 0 Å². The number of ketones is 1. The highest BCUT2D eigenvalue weighted by atomic mass is 16.3. The predicted octanol–water partition coefficient (Wildman–Crippen LogP) is 2.41. The summed E-state index contributed by atoms with van der Waals surface area (Å²) in [6.07, 6.45) is 2.54. The minimum absolute atomic E-state index is 0.0225. The Morgan fingerprint density at radius 1 is 0.850 bits per heavy atom. The van der Waals surface area contributed by atoms with E-state index in [-0.39, 0.29) is 11.3 Å². The molecule has 0 amide bonds. The summed E-state index contributed by atoms with van der Waals surface area (Å²) in [4.78, 5) is 11.9. The van der Waals surface area contributed by atoms with Crippen molar-refractivity contribution in [3.05, 3.63) is 53.6 Å². The maximum absolute atomic E-state index is 11.9. The van der Waals surface area contributed by atoms with Crippen molar-refractivity contribution < 1.29 is 25.2 Å². The normalized spacial score (nSPS) is 10.8. The van der Waals surface area contributed by atoms with Crippen molar-refractivity contribution in [2.45, 2.75) is 0 Å². The molecule has 20 heavy (non-hydrogen) atoms. The molecular formula is C15H12O5. The number of hydrogen-bond donors (Lipinski definition) is 4. The highest BCUT2D eigenvalue weighted by Gasteiger charge is 2.12. The van der Waals surface area contributed by atoms with E-state index in [1.54, 1.807) is 18.2 Å². The van der Waals surface area contributed by atoms with Crippen LogP contribution in [0.1, 0.15) is 15.9 Å². The molecule has 0 aliphatic carbocycles. The Hall–Kier alpha value is -2.95. The summed E-state index contributed by atoms with van der Waals surface area (Å²) in [6.45, 7) is 0. The quantitative estimate of drug-likeness (QED) is 0.298. The number of carbonyl (C=O) groups excluding carboxylic acids is 1. The van der Waals surface area contributed by atoms with Gasteiger partial charge in [-0.1, -0.05) is 18.2 Å². The van der Waals surface area contributed by atoms with E-state index in [9.17, 15) is 25.2 Å². The van der Waals surface area contributed by atoms with Gasteiger partial charge in [-0.25, -0.2) is 0 Å². The van der Waals surface area contributed by atoms with Gasteiger partial charge in [0.15, 0.2) is 17.3 Å². The van der Waals surface area contributed by atoms with Crippen LogP contribution in [0.3, 0.4) is 0 Å². The predicted molar refractivity (Wildman–Crippen MR) is 72.9 cm³/mol. The van der Waals surface area contributed by atoms with Crippen LogP contribution in [0.25, 0.3) is 6.08 Å². The van der Waals surface area contributed by atoms with Gasteiger partial charge in [0.1, 0.15) is 11.5 Å². The molecule has 4 N–H and O–H groups in total. The van der Waals surface area contributed by atoms with E-state index < -0.39 is 23.0 Å². The van der Waals surface area contributed by atoms with Crippen LogP contribution in [-0.2, 0) is 0 Å². The lowest BCUT2D eigenvalue weighted by Crippen LogP contribution is -1.94. The molecule has 0 fully saturated rings. The topological polar surface area (TPSA) is 98.0 Å². The van der Waals surface area contributed by atoms with E-state index in [1.807, 2.05) is 0 Å². The van der Waals surface area contributed by atoms with Crippen LogP contribution < -0.4 is 0 Å². The number of rotatable bonds is 3. The van der Waals surface area contributed by atoms with Crippen LogP contribution in [0, 0.1) is 0 Å². The lowest BCUT2D eigenvalue weighted by molar-refractivity contribution is 0.104. The van der Waals surface area contributed by atoms with Crippen molar-refractivity contribution in [3.63, 3.8) is 0 Å². The number of aromatic hydroxyl groups is 4. The highest BCUT2D eigenvalue weighted by Crippen LogP contribution is 2.32. The molecule has 0 spiro atoms. The standard InChI is InChI=1S/C15H12O5/c16-11-4-2-1-3-9(11)5-6-12(17)10-7-14(19)15(20)8-13(10)18/h1-8,16,18-20H/b6-5+.